The van der Waals surface area contributed by atoms with Crippen molar-refractivity contribution in [3.8, 4) is 0 Å². The molecule has 0 radical (unpaired) electrons. The molecule has 0 fully saturated rings. The van der Waals surface area contributed by atoms with Crippen LogP contribution in [0.3, 0.4) is 0 Å². The summed E-state index contributed by atoms with van der Waals surface area (Å²) < 4.78 is 0. The van der Waals surface area contributed by atoms with E-state index in [1.807, 2.05) is 6.08 Å². The number of nitrogens with one attached hydrogen (secondary N) is 1. The zero-order valence-corrected chi connectivity index (χ0v) is 46.4. The zero-order chi connectivity index (χ0) is 49.2. The minimum Gasteiger partial charge on any atom is -0.394 e. The number of allylic oxidation sites excluding steroid dienone is 5. The third-order valence-electron chi connectivity index (χ3n) is 14.6. The number of hydrogen-bond acceptors (Lipinski definition) is 3. The predicted octanol–water partition coefficient (Wildman–Crippen LogP) is 20.8. The van der Waals surface area contributed by atoms with Gasteiger partial charge in [0.05, 0.1) is 18.8 Å². The lowest BCUT2D eigenvalue weighted by Crippen LogP contribution is -2.45. The molecule has 0 bridgehead atoms. The van der Waals surface area contributed by atoms with Gasteiger partial charge in [-0.2, -0.15) is 0 Å². The molecule has 4 nitrogen and oxygen atoms in total. The summed E-state index contributed by atoms with van der Waals surface area (Å²) in [6, 6.07) is -0.644. The van der Waals surface area contributed by atoms with E-state index in [1.54, 1.807) is 6.08 Å². The number of carbonyl (C=O) groups excluding carboxylic acids is 1. The molecule has 0 saturated carbocycles. The molecule has 0 saturated heterocycles. The normalized spacial score (nSPS) is 12.9. The first-order chi connectivity index (χ1) is 33.7. The van der Waals surface area contributed by atoms with E-state index in [-0.39, 0.29) is 12.5 Å². The third-order valence-corrected chi connectivity index (χ3v) is 14.6. The topological polar surface area (TPSA) is 69.6 Å². The molecule has 0 rings (SSSR count). The summed E-state index contributed by atoms with van der Waals surface area (Å²) in [6.07, 6.45) is 82.1. The first-order valence-electron chi connectivity index (χ1n) is 31.2. The van der Waals surface area contributed by atoms with Crippen LogP contribution in [0.5, 0.6) is 0 Å². The van der Waals surface area contributed by atoms with Gasteiger partial charge in [0.2, 0.25) is 5.91 Å². The minimum absolute atomic E-state index is 0.0712. The van der Waals surface area contributed by atoms with Gasteiger partial charge in [-0.05, 0) is 44.9 Å². The predicted molar refractivity (Wildman–Crippen MR) is 304 cm³/mol. The zero-order valence-electron chi connectivity index (χ0n) is 46.4. The van der Waals surface area contributed by atoms with Crippen LogP contribution in [-0.4, -0.2) is 34.9 Å². The van der Waals surface area contributed by atoms with E-state index >= 15 is 0 Å². The molecule has 0 aromatic carbocycles. The summed E-state index contributed by atoms with van der Waals surface area (Å²) in [4.78, 5) is 12.5. The van der Waals surface area contributed by atoms with Crippen molar-refractivity contribution in [1.82, 2.24) is 5.32 Å². The summed E-state index contributed by atoms with van der Waals surface area (Å²) in [5, 5.41) is 23.2. The van der Waals surface area contributed by atoms with Crippen molar-refractivity contribution in [2.45, 2.75) is 360 Å². The summed E-state index contributed by atoms with van der Waals surface area (Å²) in [6.45, 7) is 4.33. The molecule has 0 aliphatic heterocycles. The van der Waals surface area contributed by atoms with Crippen LogP contribution in [0.25, 0.3) is 0 Å². The van der Waals surface area contributed by atoms with Crippen molar-refractivity contribution in [1.29, 1.82) is 0 Å². The van der Waals surface area contributed by atoms with Crippen LogP contribution in [0.4, 0.5) is 0 Å². The quantitative estimate of drug-likeness (QED) is 0.0420. The Hall–Kier alpha value is -1.39. The second kappa shape index (κ2) is 59.9. The van der Waals surface area contributed by atoms with E-state index in [2.05, 4.69) is 43.5 Å². The number of aliphatic hydroxyl groups excluding tert-OH is 2. The van der Waals surface area contributed by atoms with Crippen LogP contribution in [0.1, 0.15) is 348 Å². The van der Waals surface area contributed by atoms with Crippen molar-refractivity contribution in [2.24, 2.45) is 0 Å². The molecule has 68 heavy (non-hydrogen) atoms. The molecule has 3 N–H and O–H groups in total. The molecule has 0 aliphatic carbocycles. The molecule has 2 unspecified atom stereocenters. The van der Waals surface area contributed by atoms with Gasteiger partial charge in [0, 0.05) is 6.42 Å². The maximum Gasteiger partial charge on any atom is 0.220 e. The minimum atomic E-state index is -0.869. The summed E-state index contributed by atoms with van der Waals surface area (Å²) in [5.41, 5.74) is 0. The largest absolute Gasteiger partial charge is 0.394 e. The fraction of sp³-hybridized carbons (Fsp3) is 0.891. The molecular formula is C64H123NO3. The molecule has 0 heterocycles. The van der Waals surface area contributed by atoms with E-state index in [4.69, 9.17) is 0 Å². The molecule has 2 atom stereocenters. The smallest absolute Gasteiger partial charge is 0.220 e. The maximum atomic E-state index is 12.5. The molecule has 0 aliphatic rings. The SMILES string of the molecule is CCCCCCCCCCCC/C=C/CC/C=C/CC/C=C/C(O)C(CO)NC(=O)CCCCCCCCCCCCCCCCCCCCCCCCCCCCCCCCCCCCCC. The van der Waals surface area contributed by atoms with Gasteiger partial charge in [0.25, 0.3) is 0 Å². The Kier molecular flexibility index (Phi) is 58.7. The Morgan fingerprint density at radius 1 is 0.338 bits per heavy atom. The fourth-order valence-corrected chi connectivity index (χ4v) is 9.86. The number of amides is 1. The number of aliphatic hydroxyl groups is 2. The van der Waals surface area contributed by atoms with E-state index in [0.29, 0.717) is 6.42 Å². The highest BCUT2D eigenvalue weighted by Crippen LogP contribution is 2.18. The lowest BCUT2D eigenvalue weighted by molar-refractivity contribution is -0.123. The van der Waals surface area contributed by atoms with Crippen LogP contribution in [0.2, 0.25) is 0 Å². The maximum absolute atomic E-state index is 12.5. The monoisotopic (exact) mass is 954 g/mol. The number of rotatable bonds is 58. The third kappa shape index (κ3) is 55.5. The fourth-order valence-electron chi connectivity index (χ4n) is 9.86. The van der Waals surface area contributed by atoms with Gasteiger partial charge >= 0.3 is 0 Å². The Morgan fingerprint density at radius 3 is 0.853 bits per heavy atom. The summed E-state index contributed by atoms with van der Waals surface area (Å²) in [5.74, 6) is -0.0712. The van der Waals surface area contributed by atoms with Crippen molar-refractivity contribution < 1.29 is 15.0 Å². The van der Waals surface area contributed by atoms with Gasteiger partial charge in [0.1, 0.15) is 0 Å². The van der Waals surface area contributed by atoms with Gasteiger partial charge in [-0.15, -0.1) is 0 Å². The van der Waals surface area contributed by atoms with Crippen LogP contribution in [0, 0.1) is 0 Å². The van der Waals surface area contributed by atoms with E-state index < -0.39 is 12.1 Å². The highest BCUT2D eigenvalue weighted by molar-refractivity contribution is 5.76. The first kappa shape index (κ1) is 66.6. The molecule has 0 aromatic rings. The Labute approximate surface area is 427 Å². The molecule has 0 spiro atoms. The van der Waals surface area contributed by atoms with Crippen molar-refractivity contribution in [3.05, 3.63) is 36.5 Å². The van der Waals surface area contributed by atoms with Crippen molar-refractivity contribution >= 4 is 5.91 Å². The molecule has 402 valence electrons. The Bertz CT molecular complexity index is 1040. The number of unbranched alkanes of at least 4 members (excludes halogenated alkanes) is 47. The van der Waals surface area contributed by atoms with E-state index in [0.717, 1.165) is 38.5 Å². The lowest BCUT2D eigenvalue weighted by Gasteiger charge is -2.19. The van der Waals surface area contributed by atoms with Gasteiger partial charge in [-0.25, -0.2) is 0 Å². The van der Waals surface area contributed by atoms with Gasteiger partial charge in [0.15, 0.2) is 0 Å². The Balaban J connectivity index is 3.43. The van der Waals surface area contributed by atoms with Crippen LogP contribution < -0.4 is 5.32 Å². The van der Waals surface area contributed by atoms with Gasteiger partial charge in [-0.3, -0.25) is 4.79 Å². The molecule has 1 amide bonds. The van der Waals surface area contributed by atoms with E-state index in [9.17, 15) is 15.0 Å². The highest BCUT2D eigenvalue weighted by Gasteiger charge is 2.18. The molecular weight excluding hydrogens is 831 g/mol. The van der Waals surface area contributed by atoms with Crippen LogP contribution in [0.15, 0.2) is 36.5 Å². The Morgan fingerprint density at radius 2 is 0.574 bits per heavy atom. The average molecular weight is 955 g/mol. The van der Waals surface area contributed by atoms with Crippen molar-refractivity contribution in [2.75, 3.05) is 6.61 Å². The molecule has 0 aromatic heterocycles. The van der Waals surface area contributed by atoms with Crippen LogP contribution in [-0.2, 0) is 4.79 Å². The highest BCUT2D eigenvalue weighted by atomic mass is 16.3. The second-order valence-corrected chi connectivity index (χ2v) is 21.5. The number of carbonyl (C=O) groups is 1. The van der Waals surface area contributed by atoms with Crippen molar-refractivity contribution in [3.63, 3.8) is 0 Å². The average Bonchev–Trinajstić information content (AvgIpc) is 3.34. The summed E-state index contributed by atoms with van der Waals surface area (Å²) >= 11 is 0. The standard InChI is InChI=1S/C64H123NO3/c1-3-5-7-9-11-13-15-17-19-21-23-25-26-27-28-29-30-31-32-33-34-35-36-37-38-39-40-42-44-46-48-50-52-54-56-58-60-64(68)65-62(61-66)63(67)59-57-55-53-51-49-47-45-43-41-24-22-20-18-16-14-12-10-8-6-4-2/h41,43,49,51,57,59,62-63,66-67H,3-40,42,44-48,50,52-56,58,60-61H2,1-2H3,(H,65,68)/b43-41+,51-49+,59-57+. The summed E-state index contributed by atoms with van der Waals surface area (Å²) in [7, 11) is 0. The van der Waals surface area contributed by atoms with Gasteiger partial charge in [-0.1, -0.05) is 333 Å². The first-order valence-corrected chi connectivity index (χ1v) is 31.2. The van der Waals surface area contributed by atoms with Crippen LogP contribution >= 0.6 is 0 Å². The van der Waals surface area contributed by atoms with E-state index in [1.165, 1.54) is 289 Å². The number of hydrogen-bond donors (Lipinski definition) is 3. The van der Waals surface area contributed by atoms with Gasteiger partial charge < -0.3 is 15.5 Å². The lowest BCUT2D eigenvalue weighted by atomic mass is 10.0. The second-order valence-electron chi connectivity index (χ2n) is 21.5. The molecule has 4 heteroatoms.